The van der Waals surface area contributed by atoms with E-state index in [2.05, 4.69) is 12.2 Å². The molecule has 1 aromatic rings. The van der Waals surface area contributed by atoms with Gasteiger partial charge in [0.1, 0.15) is 6.04 Å². The number of ketones is 1. The van der Waals surface area contributed by atoms with Crippen molar-refractivity contribution >= 4 is 35.3 Å². The molecule has 0 N–H and O–H groups in total. The van der Waals surface area contributed by atoms with Gasteiger partial charge in [-0.1, -0.05) is 42.5 Å². The first-order chi connectivity index (χ1) is 15.4. The van der Waals surface area contributed by atoms with Crippen LogP contribution < -0.4 is 0 Å². The third-order valence-electron chi connectivity index (χ3n) is 7.60. The molecule has 6 nitrogen and oxygen atoms in total. The highest BCUT2D eigenvalue weighted by Gasteiger charge is 2.68. The molecule has 0 aromatic heterocycles. The van der Waals surface area contributed by atoms with Crippen LogP contribution >= 0.6 is 11.8 Å². The molecule has 2 bridgehead atoms. The molecular formula is C25H27NO5S. The van der Waals surface area contributed by atoms with Crippen molar-refractivity contribution in [3.63, 3.8) is 0 Å². The molecule has 2 saturated carbocycles. The summed E-state index contributed by atoms with van der Waals surface area (Å²) in [6, 6.07) is 7.66. The summed E-state index contributed by atoms with van der Waals surface area (Å²) in [4.78, 5) is 53.9. The molecule has 0 spiro atoms. The van der Waals surface area contributed by atoms with Crippen LogP contribution in [0.2, 0.25) is 0 Å². The van der Waals surface area contributed by atoms with Gasteiger partial charge >= 0.3 is 5.97 Å². The van der Waals surface area contributed by atoms with E-state index >= 15 is 0 Å². The lowest BCUT2D eigenvalue weighted by molar-refractivity contribution is -0.160. The van der Waals surface area contributed by atoms with Crippen molar-refractivity contribution < 1.29 is 23.9 Å². The fourth-order valence-electron chi connectivity index (χ4n) is 6.01. The second-order valence-electron chi connectivity index (χ2n) is 9.31. The first kappa shape index (κ1) is 21.4. The van der Waals surface area contributed by atoms with Crippen LogP contribution in [0.1, 0.15) is 30.1 Å². The van der Waals surface area contributed by atoms with Crippen LogP contribution in [0.4, 0.5) is 0 Å². The van der Waals surface area contributed by atoms with Crippen molar-refractivity contribution in [2.45, 2.75) is 31.9 Å². The molecule has 2 amide bonds. The van der Waals surface area contributed by atoms with Gasteiger partial charge in [-0.3, -0.25) is 19.3 Å². The first-order valence-electron chi connectivity index (χ1n) is 11.3. The van der Waals surface area contributed by atoms with E-state index in [1.54, 1.807) is 36.0 Å². The topological polar surface area (TPSA) is 80.8 Å². The van der Waals surface area contributed by atoms with Gasteiger partial charge in [0.15, 0.2) is 6.10 Å². The maximum absolute atomic E-state index is 13.4. The number of benzene rings is 1. The lowest BCUT2D eigenvalue weighted by atomic mass is 9.63. The fraction of sp³-hybridized carbons (Fsp3) is 0.520. The van der Waals surface area contributed by atoms with Gasteiger partial charge in [-0.2, -0.15) is 11.8 Å². The number of nitrogens with zero attached hydrogens (tertiary/aromatic N) is 1. The largest absolute Gasteiger partial charge is 0.453 e. The molecular weight excluding hydrogens is 426 g/mol. The van der Waals surface area contributed by atoms with Gasteiger partial charge in [0.05, 0.1) is 11.8 Å². The van der Waals surface area contributed by atoms with Crippen molar-refractivity contribution in [2.75, 3.05) is 12.0 Å². The Balaban J connectivity index is 1.36. The summed E-state index contributed by atoms with van der Waals surface area (Å²) in [7, 11) is 0. The number of rotatable bonds is 8. The van der Waals surface area contributed by atoms with Crippen LogP contribution in [-0.4, -0.2) is 52.6 Å². The molecule has 0 unspecified atom stereocenters. The maximum atomic E-state index is 13.4. The number of carbonyl (C=O) groups is 4. The third kappa shape index (κ3) is 3.33. The minimum Gasteiger partial charge on any atom is -0.453 e. The third-order valence-corrected chi connectivity index (χ3v) is 8.24. The zero-order valence-corrected chi connectivity index (χ0v) is 19.0. The normalized spacial score (nSPS) is 33.5. The van der Waals surface area contributed by atoms with E-state index in [1.807, 2.05) is 12.3 Å². The van der Waals surface area contributed by atoms with E-state index in [4.69, 9.17) is 4.74 Å². The van der Waals surface area contributed by atoms with Crippen molar-refractivity contribution in [2.24, 2.45) is 35.5 Å². The molecule has 1 saturated heterocycles. The highest BCUT2D eigenvalue weighted by molar-refractivity contribution is 7.98. The molecule has 5 aliphatic rings. The van der Waals surface area contributed by atoms with Gasteiger partial charge in [-0.05, 0) is 55.4 Å². The number of imide groups is 1. The van der Waals surface area contributed by atoms with E-state index in [0.29, 0.717) is 29.6 Å². The number of ether oxygens (including phenoxy) is 1. The summed E-state index contributed by atoms with van der Waals surface area (Å²) < 4.78 is 5.53. The molecule has 6 rings (SSSR count). The molecule has 8 atom stereocenters. The number of allylic oxidation sites excluding steroid dienone is 2. The maximum Gasteiger partial charge on any atom is 0.330 e. The van der Waals surface area contributed by atoms with Crippen LogP contribution in [0.3, 0.4) is 0 Å². The van der Waals surface area contributed by atoms with Gasteiger partial charge < -0.3 is 4.74 Å². The molecule has 0 radical (unpaired) electrons. The number of thioether (sulfide) groups is 1. The fourth-order valence-corrected chi connectivity index (χ4v) is 6.47. The van der Waals surface area contributed by atoms with Crippen LogP contribution in [0.5, 0.6) is 0 Å². The van der Waals surface area contributed by atoms with E-state index in [9.17, 15) is 19.2 Å². The summed E-state index contributed by atoms with van der Waals surface area (Å²) in [5.41, 5.74) is 0.453. The van der Waals surface area contributed by atoms with Crippen LogP contribution in [0.25, 0.3) is 0 Å². The van der Waals surface area contributed by atoms with Gasteiger partial charge in [0, 0.05) is 5.56 Å². The predicted molar refractivity (Wildman–Crippen MR) is 120 cm³/mol. The van der Waals surface area contributed by atoms with Crippen molar-refractivity contribution in [3.8, 4) is 0 Å². The van der Waals surface area contributed by atoms with Gasteiger partial charge in [-0.15, -0.1) is 0 Å². The molecule has 1 aliphatic heterocycles. The number of carbonyl (C=O) groups excluding carboxylic acids is 4. The highest BCUT2D eigenvalue weighted by atomic mass is 32.2. The highest BCUT2D eigenvalue weighted by Crippen LogP contribution is 2.65. The van der Waals surface area contributed by atoms with E-state index in [-0.39, 0.29) is 41.3 Å². The molecule has 7 heteroatoms. The summed E-state index contributed by atoms with van der Waals surface area (Å²) in [6.45, 7) is 1.53. The van der Waals surface area contributed by atoms with Crippen LogP contribution in [0, 0.1) is 35.5 Å². The van der Waals surface area contributed by atoms with Crippen molar-refractivity contribution in [1.29, 1.82) is 0 Å². The molecule has 168 valence electrons. The van der Waals surface area contributed by atoms with Gasteiger partial charge in [0.2, 0.25) is 17.6 Å². The first-order valence-corrected chi connectivity index (χ1v) is 12.7. The van der Waals surface area contributed by atoms with E-state index < -0.39 is 18.1 Å². The summed E-state index contributed by atoms with van der Waals surface area (Å²) >= 11 is 1.54. The van der Waals surface area contributed by atoms with Crippen LogP contribution in [0.15, 0.2) is 42.5 Å². The number of amides is 2. The SMILES string of the molecule is CSCC[C@H](C(=O)O[C@H](C)C(=O)c1ccccc1)N1C(=O)[C@@H]2[C@H]3C=C[C@@H]([C@@H]4C[C@@H]34)[C@@H]2C1=O. The number of Topliss-reactive ketones (excluding diaryl/α,β-unsaturated/α-hetero) is 1. The summed E-state index contributed by atoms with van der Waals surface area (Å²) in [6.07, 6.45) is 6.55. The lowest BCUT2D eigenvalue weighted by Crippen LogP contribution is -2.48. The van der Waals surface area contributed by atoms with E-state index in [1.165, 1.54) is 11.8 Å². The van der Waals surface area contributed by atoms with Crippen molar-refractivity contribution in [3.05, 3.63) is 48.0 Å². The van der Waals surface area contributed by atoms with Gasteiger partial charge in [0.25, 0.3) is 0 Å². The second-order valence-corrected chi connectivity index (χ2v) is 10.3. The minimum atomic E-state index is -0.998. The Morgan fingerprint density at radius 2 is 1.66 bits per heavy atom. The number of hydrogen-bond donors (Lipinski definition) is 0. The predicted octanol–water partition coefficient (Wildman–Crippen LogP) is 2.98. The zero-order valence-electron chi connectivity index (χ0n) is 18.2. The number of esters is 1. The Labute approximate surface area is 191 Å². The quantitative estimate of drug-likeness (QED) is 0.261. The molecule has 1 aromatic carbocycles. The summed E-state index contributed by atoms with van der Waals surface area (Å²) in [5, 5.41) is 0. The standard InChI is InChI=1S/C25H27NO5S/c1-13(22(27)14-6-4-3-5-7-14)31-25(30)19(10-11-32-2)26-23(28)20-15-8-9-16(18-12-17(15)18)21(20)24(26)29/h3-9,13,15-21H,10-12H2,1-2H3/t13-,15+,16+,17+,18+,19-,20-,21+/m1/s1. The second kappa shape index (κ2) is 8.18. The number of likely N-dealkylation sites (tertiary alicyclic amines) is 1. The Bertz CT molecular complexity index is 955. The van der Waals surface area contributed by atoms with E-state index in [0.717, 1.165) is 6.42 Å². The average Bonchev–Trinajstić information content (AvgIpc) is 3.59. The Morgan fingerprint density at radius 1 is 1.06 bits per heavy atom. The van der Waals surface area contributed by atoms with Crippen LogP contribution in [-0.2, 0) is 19.1 Å². The number of hydrogen-bond acceptors (Lipinski definition) is 6. The lowest BCUT2D eigenvalue weighted by Gasteiger charge is -2.37. The Morgan fingerprint density at radius 3 is 2.22 bits per heavy atom. The molecule has 4 aliphatic carbocycles. The minimum absolute atomic E-state index is 0.104. The Kier molecular flexibility index (Phi) is 5.48. The average molecular weight is 454 g/mol. The van der Waals surface area contributed by atoms with Gasteiger partial charge in [-0.25, -0.2) is 4.79 Å². The monoisotopic (exact) mass is 453 g/mol. The van der Waals surface area contributed by atoms with Crippen molar-refractivity contribution in [1.82, 2.24) is 4.90 Å². The smallest absolute Gasteiger partial charge is 0.330 e. The zero-order chi connectivity index (χ0) is 22.6. The molecule has 32 heavy (non-hydrogen) atoms. The Hall–Kier alpha value is -2.41. The molecule has 3 fully saturated rings. The molecule has 1 heterocycles. The summed E-state index contributed by atoms with van der Waals surface area (Å²) in [5.74, 6) is -0.360.